The summed E-state index contributed by atoms with van der Waals surface area (Å²) >= 11 is 0. The van der Waals surface area contributed by atoms with Gasteiger partial charge in [-0.15, -0.1) is 12.4 Å². The Balaban J connectivity index is 0.00000192. The van der Waals surface area contributed by atoms with Crippen LogP contribution in [0.5, 0.6) is 0 Å². The third-order valence-corrected chi connectivity index (χ3v) is 5.19. The molecule has 1 fully saturated rings. The van der Waals surface area contributed by atoms with Gasteiger partial charge in [-0.1, -0.05) is 18.2 Å². The van der Waals surface area contributed by atoms with Gasteiger partial charge in [-0.3, -0.25) is 4.79 Å². The SMILES string of the molecule is CC(NC(=O)CCC1CCNC1)c1ccc2c(c1)CCCC2.Cl. The van der Waals surface area contributed by atoms with Gasteiger partial charge in [0, 0.05) is 6.42 Å². The maximum atomic E-state index is 12.1. The highest BCUT2D eigenvalue weighted by atomic mass is 35.5. The Bertz CT molecular complexity index is 526. The Kier molecular flexibility index (Phi) is 6.91. The fourth-order valence-corrected chi connectivity index (χ4v) is 3.72. The van der Waals surface area contributed by atoms with Crippen molar-refractivity contribution >= 4 is 18.3 Å². The molecule has 2 aliphatic rings. The second kappa shape index (κ2) is 8.70. The number of nitrogens with one attached hydrogen (secondary N) is 2. The largest absolute Gasteiger partial charge is 0.350 e. The van der Waals surface area contributed by atoms with Crippen LogP contribution < -0.4 is 10.6 Å². The van der Waals surface area contributed by atoms with Gasteiger partial charge in [0.05, 0.1) is 6.04 Å². The molecule has 3 nitrogen and oxygen atoms in total. The van der Waals surface area contributed by atoms with Crippen LogP contribution in [-0.2, 0) is 17.6 Å². The van der Waals surface area contributed by atoms with Crippen LogP contribution in [0, 0.1) is 5.92 Å². The summed E-state index contributed by atoms with van der Waals surface area (Å²) in [6.45, 7) is 4.28. The summed E-state index contributed by atoms with van der Waals surface area (Å²) in [4.78, 5) is 12.1. The number of carbonyl (C=O) groups is 1. The number of fused-ring (bicyclic) bond motifs is 1. The molecule has 3 rings (SSSR count). The Morgan fingerprint density at radius 1 is 1.30 bits per heavy atom. The third kappa shape index (κ3) is 4.95. The maximum Gasteiger partial charge on any atom is 0.220 e. The molecule has 2 N–H and O–H groups in total. The van der Waals surface area contributed by atoms with Crippen molar-refractivity contribution in [3.05, 3.63) is 34.9 Å². The number of benzene rings is 1. The topological polar surface area (TPSA) is 41.1 Å². The van der Waals surface area contributed by atoms with Gasteiger partial charge in [0.15, 0.2) is 0 Å². The Morgan fingerprint density at radius 2 is 2.09 bits per heavy atom. The second-order valence-corrected chi connectivity index (χ2v) is 6.92. The summed E-state index contributed by atoms with van der Waals surface area (Å²) in [5.74, 6) is 0.877. The molecule has 2 atom stereocenters. The highest BCUT2D eigenvalue weighted by molar-refractivity contribution is 5.85. The lowest BCUT2D eigenvalue weighted by molar-refractivity contribution is -0.122. The summed E-state index contributed by atoms with van der Waals surface area (Å²) in [7, 11) is 0. The van der Waals surface area contributed by atoms with Crippen LogP contribution >= 0.6 is 12.4 Å². The minimum atomic E-state index is 0. The van der Waals surface area contributed by atoms with Crippen LogP contribution in [0.1, 0.15) is 61.8 Å². The van der Waals surface area contributed by atoms with Crippen LogP contribution in [0.4, 0.5) is 0 Å². The Hall–Kier alpha value is -1.06. The van der Waals surface area contributed by atoms with Crippen molar-refractivity contribution in [3.8, 4) is 0 Å². The summed E-state index contributed by atoms with van der Waals surface area (Å²) in [6, 6.07) is 6.87. The zero-order chi connectivity index (χ0) is 15.4. The van der Waals surface area contributed by atoms with E-state index in [1.54, 1.807) is 0 Å². The summed E-state index contributed by atoms with van der Waals surface area (Å²) in [5, 5.41) is 6.53. The average molecular weight is 337 g/mol. The van der Waals surface area contributed by atoms with E-state index in [-0.39, 0.29) is 24.4 Å². The molecule has 1 aromatic carbocycles. The number of carbonyl (C=O) groups excluding carboxylic acids is 1. The van der Waals surface area contributed by atoms with Crippen LogP contribution in [0.2, 0.25) is 0 Å². The van der Waals surface area contributed by atoms with Crippen molar-refractivity contribution in [3.63, 3.8) is 0 Å². The molecular weight excluding hydrogens is 308 g/mol. The molecule has 0 spiro atoms. The Morgan fingerprint density at radius 3 is 2.83 bits per heavy atom. The molecule has 1 aliphatic carbocycles. The molecule has 1 aromatic rings. The molecule has 128 valence electrons. The van der Waals surface area contributed by atoms with E-state index in [0.717, 1.165) is 19.5 Å². The molecule has 23 heavy (non-hydrogen) atoms. The smallest absolute Gasteiger partial charge is 0.220 e. The summed E-state index contributed by atoms with van der Waals surface area (Å²) in [5.41, 5.74) is 4.24. The van der Waals surface area contributed by atoms with Gasteiger partial charge < -0.3 is 10.6 Å². The summed E-state index contributed by atoms with van der Waals surface area (Å²) in [6.07, 6.45) is 7.90. The monoisotopic (exact) mass is 336 g/mol. The predicted octanol–water partition coefficient (Wildman–Crippen LogP) is 3.55. The number of amides is 1. The molecule has 2 unspecified atom stereocenters. The highest BCUT2D eigenvalue weighted by Gasteiger charge is 2.17. The highest BCUT2D eigenvalue weighted by Crippen LogP contribution is 2.25. The molecule has 4 heteroatoms. The van der Waals surface area contributed by atoms with Crippen LogP contribution in [0.25, 0.3) is 0 Å². The third-order valence-electron chi connectivity index (χ3n) is 5.19. The normalized spacial score (nSPS) is 21.2. The van der Waals surface area contributed by atoms with Gasteiger partial charge in [0.25, 0.3) is 0 Å². The van der Waals surface area contributed by atoms with E-state index < -0.39 is 0 Å². The molecule has 1 aliphatic heterocycles. The quantitative estimate of drug-likeness (QED) is 0.863. The van der Waals surface area contributed by atoms with Crippen molar-refractivity contribution in [2.75, 3.05) is 13.1 Å². The van der Waals surface area contributed by atoms with Crippen molar-refractivity contribution in [1.82, 2.24) is 10.6 Å². The fraction of sp³-hybridized carbons (Fsp3) is 0.632. The molecular formula is C19H29ClN2O. The number of rotatable bonds is 5. The first-order valence-corrected chi connectivity index (χ1v) is 8.84. The molecule has 1 heterocycles. The van der Waals surface area contributed by atoms with Crippen molar-refractivity contribution in [2.45, 2.75) is 57.9 Å². The lowest BCUT2D eigenvalue weighted by Crippen LogP contribution is -2.27. The number of halogens is 1. The lowest BCUT2D eigenvalue weighted by Gasteiger charge is -2.20. The zero-order valence-electron chi connectivity index (χ0n) is 14.1. The molecule has 0 saturated carbocycles. The fourth-order valence-electron chi connectivity index (χ4n) is 3.72. The first-order valence-electron chi connectivity index (χ1n) is 8.84. The van der Waals surface area contributed by atoms with E-state index >= 15 is 0 Å². The van der Waals surface area contributed by atoms with Crippen LogP contribution in [0.15, 0.2) is 18.2 Å². The van der Waals surface area contributed by atoms with E-state index in [1.165, 1.54) is 48.8 Å². The maximum absolute atomic E-state index is 12.1. The standard InChI is InChI=1S/C19H28N2O.ClH/c1-14(21-19(22)9-6-15-10-11-20-13-15)17-8-7-16-4-2-3-5-18(16)12-17;/h7-8,12,14-15,20H,2-6,9-11,13H2,1H3,(H,21,22);1H. The number of hydrogen-bond donors (Lipinski definition) is 2. The van der Waals surface area contributed by atoms with Gasteiger partial charge in [-0.25, -0.2) is 0 Å². The summed E-state index contributed by atoms with van der Waals surface area (Å²) < 4.78 is 0. The van der Waals surface area contributed by atoms with E-state index in [9.17, 15) is 4.79 Å². The second-order valence-electron chi connectivity index (χ2n) is 6.92. The lowest BCUT2D eigenvalue weighted by atomic mass is 9.89. The molecule has 0 bridgehead atoms. The van der Waals surface area contributed by atoms with Crippen LogP contribution in [-0.4, -0.2) is 19.0 Å². The van der Waals surface area contributed by atoms with E-state index in [4.69, 9.17) is 0 Å². The van der Waals surface area contributed by atoms with E-state index in [2.05, 4.69) is 35.8 Å². The van der Waals surface area contributed by atoms with Crippen molar-refractivity contribution in [1.29, 1.82) is 0 Å². The molecule has 0 aromatic heterocycles. The number of aryl methyl sites for hydroxylation is 2. The first-order chi connectivity index (χ1) is 10.7. The molecule has 1 amide bonds. The van der Waals surface area contributed by atoms with Crippen molar-refractivity contribution < 1.29 is 4.79 Å². The molecule has 1 saturated heterocycles. The first kappa shape index (κ1) is 18.3. The number of hydrogen-bond acceptors (Lipinski definition) is 2. The van der Waals surface area contributed by atoms with Gasteiger partial charge in [0.2, 0.25) is 5.91 Å². The van der Waals surface area contributed by atoms with Gasteiger partial charge in [0.1, 0.15) is 0 Å². The average Bonchev–Trinajstić information content (AvgIpc) is 3.06. The Labute approximate surface area is 146 Å². The van der Waals surface area contributed by atoms with Gasteiger partial charge in [-0.2, -0.15) is 0 Å². The zero-order valence-corrected chi connectivity index (χ0v) is 14.9. The van der Waals surface area contributed by atoms with Gasteiger partial charge in [-0.05, 0) is 81.1 Å². The molecule has 0 radical (unpaired) electrons. The van der Waals surface area contributed by atoms with E-state index in [1.807, 2.05) is 0 Å². The van der Waals surface area contributed by atoms with Crippen LogP contribution in [0.3, 0.4) is 0 Å². The minimum Gasteiger partial charge on any atom is -0.350 e. The van der Waals surface area contributed by atoms with Crippen molar-refractivity contribution in [2.24, 2.45) is 5.92 Å². The van der Waals surface area contributed by atoms with E-state index in [0.29, 0.717) is 12.3 Å². The van der Waals surface area contributed by atoms with Gasteiger partial charge >= 0.3 is 0 Å². The predicted molar refractivity (Wildman–Crippen MR) is 97.1 cm³/mol. The minimum absolute atomic E-state index is 0.